The second-order valence-corrected chi connectivity index (χ2v) is 5.30. The van der Waals surface area contributed by atoms with E-state index >= 15 is 0 Å². The van der Waals surface area contributed by atoms with Gasteiger partial charge < -0.3 is 4.74 Å². The van der Waals surface area contributed by atoms with Crippen molar-refractivity contribution in [2.45, 2.75) is 12.7 Å². The van der Waals surface area contributed by atoms with Crippen LogP contribution in [0.4, 0.5) is 11.4 Å². The van der Waals surface area contributed by atoms with Gasteiger partial charge >= 0.3 is 5.97 Å². The van der Waals surface area contributed by atoms with Gasteiger partial charge in [0.25, 0.3) is 11.4 Å². The summed E-state index contributed by atoms with van der Waals surface area (Å²) in [6.07, 6.45) is 0. The number of ether oxygens (including phenoxy) is 1. The molecule has 0 spiro atoms. The van der Waals surface area contributed by atoms with Crippen molar-refractivity contribution in [3.63, 3.8) is 0 Å². The van der Waals surface area contributed by atoms with Crippen molar-refractivity contribution in [2.75, 3.05) is 12.9 Å². The molecule has 0 radical (unpaired) electrons. The molecule has 0 aromatic heterocycles. The van der Waals surface area contributed by atoms with E-state index in [1.807, 2.05) is 0 Å². The average Bonchev–Trinajstić information content (AvgIpc) is 2.45. The summed E-state index contributed by atoms with van der Waals surface area (Å²) >= 11 is 1.33. The lowest BCUT2D eigenvalue weighted by Crippen LogP contribution is -2.14. The normalized spacial score (nSPS) is 11.7. The smallest absolute Gasteiger partial charge is 0.309 e. The molecule has 0 aliphatic heterocycles. The molecule has 114 valence electrons. The molecule has 8 nitrogen and oxygen atoms in total. The van der Waals surface area contributed by atoms with Gasteiger partial charge in [0.15, 0.2) is 0 Å². The van der Waals surface area contributed by atoms with Gasteiger partial charge in [0.05, 0.1) is 28.9 Å². The first kappa shape index (κ1) is 16.9. The first-order valence-electron chi connectivity index (χ1n) is 5.94. The number of hydrogen-bond donors (Lipinski definition) is 0. The largest absolute Gasteiger partial charge is 0.469 e. The van der Waals surface area contributed by atoms with E-state index in [0.717, 1.165) is 6.07 Å². The molecule has 0 bridgehead atoms. The van der Waals surface area contributed by atoms with E-state index in [-0.39, 0.29) is 29.0 Å². The summed E-state index contributed by atoms with van der Waals surface area (Å²) < 4.78 is 4.58. The topological polar surface area (TPSA) is 113 Å². The van der Waals surface area contributed by atoms with Gasteiger partial charge in [-0.2, -0.15) is 11.8 Å². The van der Waals surface area contributed by atoms with Gasteiger partial charge in [-0.1, -0.05) is 6.92 Å². The van der Waals surface area contributed by atoms with E-state index in [1.165, 1.54) is 31.0 Å². The maximum absolute atomic E-state index is 11.2. The van der Waals surface area contributed by atoms with Crippen molar-refractivity contribution < 1.29 is 19.4 Å². The number of non-ortho nitro benzene ring substituents is 1. The second-order valence-electron chi connectivity index (χ2n) is 4.27. The maximum Gasteiger partial charge on any atom is 0.309 e. The van der Waals surface area contributed by atoms with Crippen LogP contribution in [0.2, 0.25) is 0 Å². The van der Waals surface area contributed by atoms with E-state index < -0.39 is 9.85 Å². The van der Waals surface area contributed by atoms with Gasteiger partial charge in [-0.15, -0.1) is 0 Å². The highest BCUT2D eigenvalue weighted by atomic mass is 32.2. The molecule has 0 amide bonds. The van der Waals surface area contributed by atoms with Crippen LogP contribution in [0.3, 0.4) is 0 Å². The predicted molar refractivity (Wildman–Crippen MR) is 77.1 cm³/mol. The minimum atomic E-state index is -0.677. The number of thioether (sulfide) groups is 1. The molecule has 1 aromatic carbocycles. The standard InChI is InChI=1S/C12H14N2O6S/c1-8(12(15)20-2)6-21-7-9-3-4-10(13(16)17)5-11(9)14(18)19/h3-5,8H,6-7H2,1-2H3. The summed E-state index contributed by atoms with van der Waals surface area (Å²) in [5.74, 6) is 0.0639. The Kier molecular flexibility index (Phi) is 6.10. The van der Waals surface area contributed by atoms with Crippen LogP contribution in [0.5, 0.6) is 0 Å². The van der Waals surface area contributed by atoms with Crippen LogP contribution in [-0.4, -0.2) is 28.7 Å². The zero-order valence-electron chi connectivity index (χ0n) is 11.5. The molecule has 0 aliphatic rings. The summed E-state index contributed by atoms with van der Waals surface area (Å²) in [6, 6.07) is 3.54. The van der Waals surface area contributed by atoms with Gasteiger partial charge in [-0.25, -0.2) is 0 Å². The van der Waals surface area contributed by atoms with Crippen LogP contribution < -0.4 is 0 Å². The molecule has 0 saturated heterocycles. The molecule has 0 N–H and O–H groups in total. The third-order valence-electron chi connectivity index (χ3n) is 2.71. The van der Waals surface area contributed by atoms with Crippen molar-refractivity contribution in [1.82, 2.24) is 0 Å². The van der Waals surface area contributed by atoms with Crippen LogP contribution in [0.1, 0.15) is 12.5 Å². The third-order valence-corrected chi connectivity index (χ3v) is 3.96. The number of nitrogens with zero attached hydrogens (tertiary/aromatic N) is 2. The van der Waals surface area contributed by atoms with Crippen LogP contribution in [0.15, 0.2) is 18.2 Å². The number of carbonyl (C=O) groups excluding carboxylic acids is 1. The molecule has 9 heteroatoms. The molecule has 0 aliphatic carbocycles. The lowest BCUT2D eigenvalue weighted by Gasteiger charge is -2.08. The Morgan fingerprint density at radius 3 is 2.52 bits per heavy atom. The average molecular weight is 314 g/mol. The zero-order valence-corrected chi connectivity index (χ0v) is 12.3. The minimum absolute atomic E-state index is 0.287. The van der Waals surface area contributed by atoms with E-state index in [4.69, 9.17) is 0 Å². The highest BCUT2D eigenvalue weighted by Crippen LogP contribution is 2.28. The Balaban J connectivity index is 2.77. The van der Waals surface area contributed by atoms with Crippen molar-refractivity contribution in [3.05, 3.63) is 44.0 Å². The monoisotopic (exact) mass is 314 g/mol. The Labute approximate surface area is 124 Å². The van der Waals surface area contributed by atoms with Gasteiger partial charge in [-0.05, 0) is 6.07 Å². The fourth-order valence-electron chi connectivity index (χ4n) is 1.57. The summed E-state index contributed by atoms with van der Waals surface area (Å²) in [5.41, 5.74) is -0.228. The molecule has 1 atom stereocenters. The molecule has 0 heterocycles. The Hall–Kier alpha value is -2.16. The fourth-order valence-corrected chi connectivity index (χ4v) is 2.64. The Morgan fingerprint density at radius 1 is 1.33 bits per heavy atom. The highest BCUT2D eigenvalue weighted by molar-refractivity contribution is 7.98. The van der Waals surface area contributed by atoms with Gasteiger partial charge in [0.1, 0.15) is 0 Å². The van der Waals surface area contributed by atoms with E-state index in [2.05, 4.69) is 4.74 Å². The first-order valence-corrected chi connectivity index (χ1v) is 7.09. The van der Waals surface area contributed by atoms with E-state index in [9.17, 15) is 25.0 Å². The van der Waals surface area contributed by atoms with Crippen LogP contribution >= 0.6 is 11.8 Å². The predicted octanol–water partition coefficient (Wildman–Crippen LogP) is 2.55. The molecule has 1 aromatic rings. The summed E-state index contributed by atoms with van der Waals surface area (Å²) in [6.45, 7) is 1.70. The number of esters is 1. The zero-order chi connectivity index (χ0) is 16.0. The van der Waals surface area contributed by atoms with Crippen molar-refractivity contribution in [3.8, 4) is 0 Å². The number of methoxy groups -OCH3 is 1. The van der Waals surface area contributed by atoms with Gasteiger partial charge in [0, 0.05) is 23.1 Å². The summed E-state index contributed by atoms with van der Waals surface area (Å²) in [4.78, 5) is 31.5. The number of nitro groups is 2. The quantitative estimate of drug-likeness (QED) is 0.431. The molecule has 21 heavy (non-hydrogen) atoms. The lowest BCUT2D eigenvalue weighted by molar-refractivity contribution is -0.394. The fraction of sp³-hybridized carbons (Fsp3) is 0.417. The van der Waals surface area contributed by atoms with E-state index in [0.29, 0.717) is 11.3 Å². The molecule has 0 saturated carbocycles. The molecular weight excluding hydrogens is 300 g/mol. The third kappa shape index (κ3) is 4.71. The second kappa shape index (κ2) is 7.58. The lowest BCUT2D eigenvalue weighted by atomic mass is 10.2. The van der Waals surface area contributed by atoms with Crippen molar-refractivity contribution in [2.24, 2.45) is 5.92 Å². The summed E-state index contributed by atoms with van der Waals surface area (Å²) in [5, 5.41) is 21.6. The number of benzene rings is 1. The van der Waals surface area contributed by atoms with Gasteiger partial charge in [-0.3, -0.25) is 25.0 Å². The minimum Gasteiger partial charge on any atom is -0.469 e. The molecule has 1 unspecified atom stereocenters. The first-order chi connectivity index (χ1) is 9.86. The Bertz CT molecular complexity index is 563. The van der Waals surface area contributed by atoms with Gasteiger partial charge in [0.2, 0.25) is 0 Å². The van der Waals surface area contributed by atoms with Crippen LogP contribution in [-0.2, 0) is 15.3 Å². The molecule has 0 fully saturated rings. The number of carbonyl (C=O) groups is 1. The van der Waals surface area contributed by atoms with E-state index in [1.54, 1.807) is 6.92 Å². The number of rotatable bonds is 7. The SMILES string of the molecule is COC(=O)C(C)CSCc1ccc([N+](=O)[O-])cc1[N+](=O)[O-]. The number of nitro benzene ring substituents is 2. The van der Waals surface area contributed by atoms with Crippen molar-refractivity contribution in [1.29, 1.82) is 0 Å². The van der Waals surface area contributed by atoms with Crippen LogP contribution in [0, 0.1) is 26.1 Å². The molecular formula is C12H14N2O6S. The number of hydrogen-bond acceptors (Lipinski definition) is 7. The Morgan fingerprint density at radius 2 is 2.00 bits per heavy atom. The maximum atomic E-state index is 11.2. The van der Waals surface area contributed by atoms with Crippen molar-refractivity contribution >= 4 is 29.1 Å². The highest BCUT2D eigenvalue weighted by Gasteiger charge is 2.20. The molecule has 1 rings (SSSR count). The van der Waals surface area contributed by atoms with Crippen LogP contribution in [0.25, 0.3) is 0 Å². The summed E-state index contributed by atoms with van der Waals surface area (Å²) in [7, 11) is 1.30.